The van der Waals surface area contributed by atoms with Gasteiger partial charge in [-0.05, 0) is 37.1 Å². The van der Waals surface area contributed by atoms with E-state index in [0.29, 0.717) is 11.0 Å². The molecule has 3 heterocycles. The number of rotatable bonds is 2. The first kappa shape index (κ1) is 17.2. The third kappa shape index (κ3) is 3.25. The van der Waals surface area contributed by atoms with Gasteiger partial charge in [-0.25, -0.2) is 9.97 Å². The maximum atomic E-state index is 12.8. The quantitative estimate of drug-likeness (QED) is 0.906. The molecule has 0 aliphatic carbocycles. The standard InChI is InChI=1S/C16H24N4O.ClH/c1-12(2)14-13(9-18-11-19-14)15(21)20-7-4-16(5-8-20)3-6-17-10-16;/h9,11-12,17H,3-8,10H2,1-2H3;1H. The molecule has 2 saturated heterocycles. The SMILES string of the molecule is CC(C)c1ncncc1C(=O)N1CCC2(CCNC2)CC1.Cl. The molecule has 2 aliphatic rings. The first-order chi connectivity index (χ1) is 10.1. The summed E-state index contributed by atoms with van der Waals surface area (Å²) in [4.78, 5) is 23.1. The lowest BCUT2D eigenvalue weighted by atomic mass is 9.77. The largest absolute Gasteiger partial charge is 0.339 e. The lowest BCUT2D eigenvalue weighted by Crippen LogP contribution is -2.44. The highest BCUT2D eigenvalue weighted by atomic mass is 35.5. The molecule has 0 atom stereocenters. The number of nitrogens with one attached hydrogen (secondary N) is 1. The van der Waals surface area contributed by atoms with Gasteiger partial charge >= 0.3 is 0 Å². The van der Waals surface area contributed by atoms with Crippen molar-refractivity contribution in [1.29, 1.82) is 0 Å². The first-order valence-electron chi connectivity index (χ1n) is 7.91. The third-order valence-electron chi connectivity index (χ3n) is 4.96. The molecule has 1 aromatic heterocycles. The second-order valence-electron chi connectivity index (χ2n) is 6.70. The van der Waals surface area contributed by atoms with Crippen molar-refractivity contribution in [1.82, 2.24) is 20.2 Å². The van der Waals surface area contributed by atoms with E-state index in [-0.39, 0.29) is 24.2 Å². The monoisotopic (exact) mass is 324 g/mol. The summed E-state index contributed by atoms with van der Waals surface area (Å²) >= 11 is 0. The van der Waals surface area contributed by atoms with Crippen LogP contribution in [0.15, 0.2) is 12.5 Å². The molecule has 22 heavy (non-hydrogen) atoms. The number of hydrogen-bond acceptors (Lipinski definition) is 4. The molecule has 2 fully saturated rings. The van der Waals surface area contributed by atoms with Crippen LogP contribution in [0.1, 0.15) is 55.1 Å². The minimum atomic E-state index is 0. The molecule has 122 valence electrons. The van der Waals surface area contributed by atoms with Crippen LogP contribution < -0.4 is 5.32 Å². The fraction of sp³-hybridized carbons (Fsp3) is 0.688. The van der Waals surface area contributed by atoms with E-state index in [2.05, 4.69) is 29.1 Å². The number of halogens is 1. The summed E-state index contributed by atoms with van der Waals surface area (Å²) in [6.45, 7) is 8.07. The Morgan fingerprint density at radius 3 is 2.64 bits per heavy atom. The van der Waals surface area contributed by atoms with Crippen LogP contribution in [0.5, 0.6) is 0 Å². The highest BCUT2D eigenvalue weighted by molar-refractivity contribution is 5.95. The van der Waals surface area contributed by atoms with E-state index in [1.54, 1.807) is 6.20 Å². The minimum Gasteiger partial charge on any atom is -0.339 e. The van der Waals surface area contributed by atoms with Crippen LogP contribution in [0.25, 0.3) is 0 Å². The van der Waals surface area contributed by atoms with Crippen molar-refractivity contribution in [3.8, 4) is 0 Å². The van der Waals surface area contributed by atoms with Gasteiger partial charge in [0.15, 0.2) is 0 Å². The number of nitrogens with zero attached hydrogens (tertiary/aromatic N) is 3. The summed E-state index contributed by atoms with van der Waals surface area (Å²) in [5.41, 5.74) is 1.97. The average Bonchev–Trinajstić information content (AvgIpc) is 2.95. The van der Waals surface area contributed by atoms with E-state index >= 15 is 0 Å². The van der Waals surface area contributed by atoms with Gasteiger partial charge < -0.3 is 10.2 Å². The minimum absolute atomic E-state index is 0. The molecule has 0 bridgehead atoms. The maximum Gasteiger partial charge on any atom is 0.257 e. The second-order valence-corrected chi connectivity index (χ2v) is 6.70. The van der Waals surface area contributed by atoms with Crippen LogP contribution in [-0.2, 0) is 0 Å². The van der Waals surface area contributed by atoms with Gasteiger partial charge in [-0.15, -0.1) is 12.4 Å². The summed E-state index contributed by atoms with van der Waals surface area (Å²) in [5, 5.41) is 3.46. The van der Waals surface area contributed by atoms with Gasteiger partial charge in [0.1, 0.15) is 6.33 Å². The predicted octanol–water partition coefficient (Wildman–Crippen LogP) is 2.24. The summed E-state index contributed by atoms with van der Waals surface area (Å²) in [6, 6.07) is 0. The van der Waals surface area contributed by atoms with Crippen LogP contribution in [0.2, 0.25) is 0 Å². The molecule has 1 aromatic rings. The molecule has 3 rings (SSSR count). The first-order valence-corrected chi connectivity index (χ1v) is 7.91. The summed E-state index contributed by atoms with van der Waals surface area (Å²) in [5.74, 6) is 0.335. The zero-order chi connectivity index (χ0) is 14.9. The van der Waals surface area contributed by atoms with Crippen molar-refractivity contribution in [2.24, 2.45) is 5.41 Å². The molecule has 1 spiro atoms. The van der Waals surface area contributed by atoms with Gasteiger partial charge in [0.05, 0.1) is 11.3 Å². The topological polar surface area (TPSA) is 58.1 Å². The maximum absolute atomic E-state index is 12.8. The number of hydrogen-bond donors (Lipinski definition) is 1. The van der Waals surface area contributed by atoms with Gasteiger partial charge in [0, 0.05) is 25.8 Å². The number of carbonyl (C=O) groups is 1. The van der Waals surface area contributed by atoms with Crippen molar-refractivity contribution < 1.29 is 4.79 Å². The van der Waals surface area contributed by atoms with Crippen LogP contribution >= 0.6 is 12.4 Å². The zero-order valence-electron chi connectivity index (χ0n) is 13.3. The Hall–Kier alpha value is -1.20. The van der Waals surface area contributed by atoms with E-state index < -0.39 is 0 Å². The molecule has 0 saturated carbocycles. The Morgan fingerprint density at radius 2 is 2.05 bits per heavy atom. The van der Waals surface area contributed by atoms with Crippen molar-refractivity contribution in [2.45, 2.75) is 39.0 Å². The van der Waals surface area contributed by atoms with Gasteiger partial charge in [-0.1, -0.05) is 13.8 Å². The number of likely N-dealkylation sites (tertiary alicyclic amines) is 1. The Balaban J connectivity index is 0.00000176. The van der Waals surface area contributed by atoms with E-state index in [1.807, 2.05) is 4.90 Å². The Kier molecular flexibility index (Phi) is 5.40. The molecule has 0 unspecified atom stereocenters. The number of piperidine rings is 1. The van der Waals surface area contributed by atoms with E-state index in [9.17, 15) is 4.79 Å². The highest BCUT2D eigenvalue weighted by Crippen LogP contribution is 2.37. The Morgan fingerprint density at radius 1 is 1.32 bits per heavy atom. The van der Waals surface area contributed by atoms with Gasteiger partial charge in [-0.2, -0.15) is 0 Å². The van der Waals surface area contributed by atoms with Crippen molar-refractivity contribution >= 4 is 18.3 Å². The smallest absolute Gasteiger partial charge is 0.257 e. The van der Waals surface area contributed by atoms with E-state index in [1.165, 1.54) is 12.7 Å². The number of amides is 1. The van der Waals surface area contributed by atoms with Crippen LogP contribution in [0.3, 0.4) is 0 Å². The molecule has 0 radical (unpaired) electrons. The van der Waals surface area contributed by atoms with Gasteiger partial charge in [0.2, 0.25) is 0 Å². The van der Waals surface area contributed by atoms with Gasteiger partial charge in [-0.3, -0.25) is 4.79 Å². The number of aromatic nitrogens is 2. The van der Waals surface area contributed by atoms with Gasteiger partial charge in [0.25, 0.3) is 5.91 Å². The lowest BCUT2D eigenvalue weighted by Gasteiger charge is -2.39. The fourth-order valence-electron chi connectivity index (χ4n) is 3.54. The Labute approximate surface area is 138 Å². The lowest BCUT2D eigenvalue weighted by molar-refractivity contribution is 0.0605. The summed E-state index contributed by atoms with van der Waals surface area (Å²) in [7, 11) is 0. The summed E-state index contributed by atoms with van der Waals surface area (Å²) < 4.78 is 0. The van der Waals surface area contributed by atoms with Crippen LogP contribution in [0, 0.1) is 5.41 Å². The number of carbonyl (C=O) groups excluding carboxylic acids is 1. The summed E-state index contributed by atoms with van der Waals surface area (Å²) in [6.07, 6.45) is 6.67. The molecule has 2 aliphatic heterocycles. The van der Waals surface area contributed by atoms with Crippen LogP contribution in [-0.4, -0.2) is 47.0 Å². The zero-order valence-corrected chi connectivity index (χ0v) is 14.2. The second kappa shape index (κ2) is 6.92. The van der Waals surface area contributed by atoms with Crippen molar-refractivity contribution in [3.63, 3.8) is 0 Å². The van der Waals surface area contributed by atoms with E-state index in [4.69, 9.17) is 0 Å². The Bertz CT molecular complexity index is 519. The molecular formula is C16H25ClN4O. The predicted molar refractivity (Wildman–Crippen MR) is 88.4 cm³/mol. The molecule has 5 nitrogen and oxygen atoms in total. The molecule has 0 aromatic carbocycles. The third-order valence-corrected chi connectivity index (χ3v) is 4.96. The van der Waals surface area contributed by atoms with Crippen LogP contribution in [0.4, 0.5) is 0 Å². The fourth-order valence-corrected chi connectivity index (χ4v) is 3.54. The average molecular weight is 325 g/mol. The highest BCUT2D eigenvalue weighted by Gasteiger charge is 2.38. The van der Waals surface area contributed by atoms with Crippen molar-refractivity contribution in [3.05, 3.63) is 23.8 Å². The molecule has 6 heteroatoms. The molecule has 1 N–H and O–H groups in total. The van der Waals surface area contributed by atoms with E-state index in [0.717, 1.165) is 44.7 Å². The van der Waals surface area contributed by atoms with Crippen molar-refractivity contribution in [2.75, 3.05) is 26.2 Å². The molecule has 1 amide bonds. The normalized spacial score (nSPS) is 20.2. The molecular weight excluding hydrogens is 300 g/mol.